The Labute approximate surface area is 160 Å². The molecule has 1 fully saturated rings. The molecule has 1 amide bonds. The average Bonchev–Trinajstić information content (AvgIpc) is 2.73. The van der Waals surface area contributed by atoms with Gasteiger partial charge in [0.2, 0.25) is 5.75 Å². The molecular weight excluding hydrogens is 344 g/mol. The van der Waals surface area contributed by atoms with E-state index in [9.17, 15) is 4.79 Å². The number of ether oxygens (including phenoxy) is 3. The third-order valence-electron chi connectivity index (χ3n) is 4.88. The lowest BCUT2D eigenvalue weighted by Crippen LogP contribution is -2.44. The van der Waals surface area contributed by atoms with Crippen molar-refractivity contribution in [2.45, 2.75) is 18.9 Å². The first kappa shape index (κ1) is 18.9. The highest BCUT2D eigenvalue weighted by molar-refractivity contribution is 5.95. The van der Waals surface area contributed by atoms with Gasteiger partial charge in [0.15, 0.2) is 11.5 Å². The first-order valence-electron chi connectivity index (χ1n) is 9.07. The zero-order valence-electron chi connectivity index (χ0n) is 16.0. The molecule has 27 heavy (non-hydrogen) atoms. The van der Waals surface area contributed by atoms with Crippen molar-refractivity contribution in [1.29, 1.82) is 0 Å². The number of hydrogen-bond acceptors (Lipinski definition) is 5. The molecule has 144 valence electrons. The molecule has 0 aromatic heterocycles. The molecule has 0 unspecified atom stereocenters. The maximum atomic E-state index is 12.7. The van der Waals surface area contributed by atoms with Crippen molar-refractivity contribution in [3.05, 3.63) is 48.0 Å². The Morgan fingerprint density at radius 3 is 2.07 bits per heavy atom. The normalized spacial score (nSPS) is 14.6. The van der Waals surface area contributed by atoms with Crippen LogP contribution in [0.15, 0.2) is 42.5 Å². The molecule has 0 bridgehead atoms. The topological polar surface area (TPSA) is 60.0 Å². The summed E-state index contributed by atoms with van der Waals surface area (Å²) in [5.41, 5.74) is 1.72. The molecule has 6 heteroatoms. The van der Waals surface area contributed by atoms with Crippen LogP contribution in [-0.2, 0) is 0 Å². The number of piperidine rings is 1. The molecule has 1 heterocycles. The zero-order chi connectivity index (χ0) is 19.2. The summed E-state index contributed by atoms with van der Waals surface area (Å²) in [7, 11) is 4.62. The summed E-state index contributed by atoms with van der Waals surface area (Å²) < 4.78 is 16.0. The van der Waals surface area contributed by atoms with Crippen LogP contribution in [0.2, 0.25) is 0 Å². The molecule has 1 aliphatic rings. The summed E-state index contributed by atoms with van der Waals surface area (Å²) in [6, 6.07) is 13.9. The lowest BCUT2D eigenvalue weighted by atomic mass is 10.0. The van der Waals surface area contributed by atoms with Crippen LogP contribution >= 0.6 is 0 Å². The van der Waals surface area contributed by atoms with Crippen LogP contribution in [0.25, 0.3) is 0 Å². The number of nitrogens with one attached hydrogen (secondary N) is 1. The number of hydrogen-bond donors (Lipinski definition) is 1. The molecule has 2 aromatic carbocycles. The Kier molecular flexibility index (Phi) is 6.06. The number of anilines is 1. The fraction of sp³-hybridized carbons (Fsp3) is 0.381. The minimum absolute atomic E-state index is 0.132. The molecular formula is C21H26N2O4. The lowest BCUT2D eigenvalue weighted by molar-refractivity contribution is 0.0930. The summed E-state index contributed by atoms with van der Waals surface area (Å²) in [4.78, 5) is 15.1. The van der Waals surface area contributed by atoms with Crippen molar-refractivity contribution >= 4 is 11.6 Å². The monoisotopic (exact) mass is 370 g/mol. The van der Waals surface area contributed by atoms with Crippen LogP contribution < -0.4 is 24.4 Å². The number of rotatable bonds is 6. The Bertz CT molecular complexity index is 746. The largest absolute Gasteiger partial charge is 0.493 e. The van der Waals surface area contributed by atoms with Gasteiger partial charge in [-0.3, -0.25) is 4.79 Å². The summed E-state index contributed by atoms with van der Waals surface area (Å²) >= 11 is 0. The van der Waals surface area contributed by atoms with Gasteiger partial charge in [0.05, 0.1) is 21.3 Å². The van der Waals surface area contributed by atoms with E-state index in [0.29, 0.717) is 22.8 Å². The van der Waals surface area contributed by atoms with Gasteiger partial charge >= 0.3 is 0 Å². The summed E-state index contributed by atoms with van der Waals surface area (Å²) in [6.45, 7) is 1.84. The lowest BCUT2D eigenvalue weighted by Gasteiger charge is -2.34. The molecule has 0 saturated carbocycles. The van der Waals surface area contributed by atoms with E-state index in [4.69, 9.17) is 14.2 Å². The summed E-state index contributed by atoms with van der Waals surface area (Å²) in [5, 5.41) is 3.13. The van der Waals surface area contributed by atoms with E-state index in [0.717, 1.165) is 25.9 Å². The minimum Gasteiger partial charge on any atom is -0.493 e. The van der Waals surface area contributed by atoms with Crippen LogP contribution in [0.3, 0.4) is 0 Å². The van der Waals surface area contributed by atoms with Crippen molar-refractivity contribution in [3.8, 4) is 17.2 Å². The second-order valence-electron chi connectivity index (χ2n) is 6.48. The predicted octanol–water partition coefficient (Wildman–Crippen LogP) is 3.11. The molecule has 6 nitrogen and oxygen atoms in total. The van der Waals surface area contributed by atoms with E-state index in [1.165, 1.54) is 19.9 Å². The second kappa shape index (κ2) is 8.66. The smallest absolute Gasteiger partial charge is 0.251 e. The molecule has 2 aromatic rings. The van der Waals surface area contributed by atoms with Crippen molar-refractivity contribution in [2.24, 2.45) is 0 Å². The molecule has 1 aliphatic heterocycles. The van der Waals surface area contributed by atoms with Gasteiger partial charge in [-0.15, -0.1) is 0 Å². The van der Waals surface area contributed by atoms with Gasteiger partial charge in [0.25, 0.3) is 5.91 Å². The van der Waals surface area contributed by atoms with Crippen LogP contribution in [-0.4, -0.2) is 46.4 Å². The Hall–Kier alpha value is -2.89. The zero-order valence-corrected chi connectivity index (χ0v) is 16.0. The molecule has 1 N–H and O–H groups in total. The first-order chi connectivity index (χ1) is 13.2. The van der Waals surface area contributed by atoms with Crippen molar-refractivity contribution < 1.29 is 19.0 Å². The molecule has 1 saturated heterocycles. The third kappa shape index (κ3) is 4.27. The van der Waals surface area contributed by atoms with Crippen molar-refractivity contribution in [1.82, 2.24) is 5.32 Å². The summed E-state index contributed by atoms with van der Waals surface area (Å²) in [5.74, 6) is 1.29. The standard InChI is InChI=1S/C21H26N2O4/c1-25-18-13-15(14-19(26-2)20(18)27-3)21(24)22-16-9-11-23(12-10-16)17-7-5-4-6-8-17/h4-8,13-14,16H,9-12H2,1-3H3,(H,22,24). The number of nitrogens with zero attached hydrogens (tertiary/aromatic N) is 1. The highest BCUT2D eigenvalue weighted by atomic mass is 16.5. The second-order valence-corrected chi connectivity index (χ2v) is 6.48. The van der Waals surface area contributed by atoms with Crippen LogP contribution in [0.5, 0.6) is 17.2 Å². The Morgan fingerprint density at radius 1 is 0.963 bits per heavy atom. The fourth-order valence-electron chi connectivity index (χ4n) is 3.40. The van der Waals surface area contributed by atoms with Crippen LogP contribution in [0, 0.1) is 0 Å². The molecule has 0 aliphatic carbocycles. The van der Waals surface area contributed by atoms with Gasteiger partial charge in [-0.25, -0.2) is 0 Å². The van der Waals surface area contributed by atoms with Gasteiger partial charge in [0, 0.05) is 30.4 Å². The Morgan fingerprint density at radius 2 is 1.56 bits per heavy atom. The molecule has 0 atom stereocenters. The summed E-state index contributed by atoms with van der Waals surface area (Å²) in [6.07, 6.45) is 1.82. The van der Waals surface area contributed by atoms with Gasteiger partial charge in [-0.2, -0.15) is 0 Å². The predicted molar refractivity (Wildman–Crippen MR) is 105 cm³/mol. The van der Waals surface area contributed by atoms with Crippen molar-refractivity contribution in [2.75, 3.05) is 39.3 Å². The number of para-hydroxylation sites is 1. The third-order valence-corrected chi connectivity index (χ3v) is 4.88. The number of carbonyl (C=O) groups excluding carboxylic acids is 1. The van der Waals surface area contributed by atoms with Gasteiger partial charge < -0.3 is 24.4 Å². The number of carbonyl (C=O) groups is 1. The fourth-order valence-corrected chi connectivity index (χ4v) is 3.40. The average molecular weight is 370 g/mol. The number of methoxy groups -OCH3 is 3. The molecule has 3 rings (SSSR count). The van der Waals surface area contributed by atoms with E-state index in [1.807, 2.05) is 18.2 Å². The maximum absolute atomic E-state index is 12.7. The van der Waals surface area contributed by atoms with E-state index in [2.05, 4.69) is 22.3 Å². The number of benzene rings is 2. The Balaban J connectivity index is 1.64. The van der Waals surface area contributed by atoms with E-state index < -0.39 is 0 Å². The highest BCUT2D eigenvalue weighted by Gasteiger charge is 2.23. The SMILES string of the molecule is COc1cc(C(=O)NC2CCN(c3ccccc3)CC2)cc(OC)c1OC. The number of amides is 1. The van der Waals surface area contributed by atoms with Crippen molar-refractivity contribution in [3.63, 3.8) is 0 Å². The van der Waals surface area contributed by atoms with Gasteiger partial charge in [0.1, 0.15) is 0 Å². The van der Waals surface area contributed by atoms with E-state index in [-0.39, 0.29) is 11.9 Å². The van der Waals surface area contributed by atoms with E-state index >= 15 is 0 Å². The minimum atomic E-state index is -0.132. The highest BCUT2D eigenvalue weighted by Crippen LogP contribution is 2.38. The first-order valence-corrected chi connectivity index (χ1v) is 9.07. The van der Waals surface area contributed by atoms with E-state index in [1.54, 1.807) is 19.2 Å². The maximum Gasteiger partial charge on any atom is 0.251 e. The molecule has 0 radical (unpaired) electrons. The van der Waals surface area contributed by atoms with Crippen LogP contribution in [0.1, 0.15) is 23.2 Å². The van der Waals surface area contributed by atoms with Crippen LogP contribution in [0.4, 0.5) is 5.69 Å². The molecule has 0 spiro atoms. The van der Waals surface area contributed by atoms with Gasteiger partial charge in [-0.05, 0) is 37.1 Å². The van der Waals surface area contributed by atoms with Gasteiger partial charge in [-0.1, -0.05) is 18.2 Å². The quantitative estimate of drug-likeness (QED) is 0.847.